The third-order valence-corrected chi connectivity index (χ3v) is 9.57. The second-order valence-electron chi connectivity index (χ2n) is 6.17. The molecule has 0 saturated heterocycles. The summed E-state index contributed by atoms with van der Waals surface area (Å²) in [5, 5.41) is 3.35. The van der Waals surface area contributed by atoms with Gasteiger partial charge in [0.05, 0.1) is 0 Å². The van der Waals surface area contributed by atoms with Crippen LogP contribution in [0, 0.1) is 0 Å². The molecule has 0 aromatic heterocycles. The molecular formula is C16H35O4PS2Zn. The fraction of sp³-hybridized carbons (Fsp3) is 1.00. The standard InChI is InChI=1S/2C8H17.HO4PS2.Zn/c2*1-3-5-7-8-6-4-2;1-7(2,3)4-5-6;/h2*1,3-8H2,2H3;(H,1,2,3);. The van der Waals surface area contributed by atoms with Crippen molar-refractivity contribution in [3.05, 3.63) is 0 Å². The molecule has 0 saturated carbocycles. The average molecular weight is 452 g/mol. The van der Waals surface area contributed by atoms with Gasteiger partial charge in [0.15, 0.2) is 7.58 Å². The van der Waals surface area contributed by atoms with E-state index in [1.54, 1.807) is 22.9 Å². The third kappa shape index (κ3) is 30.8. The van der Waals surface area contributed by atoms with Crippen molar-refractivity contribution >= 4 is 29.8 Å². The van der Waals surface area contributed by atoms with Crippen molar-refractivity contribution in [3.63, 3.8) is 0 Å². The summed E-state index contributed by atoms with van der Waals surface area (Å²) in [7, 11) is -4.54. The minimum absolute atomic E-state index is 0.0720. The van der Waals surface area contributed by atoms with Gasteiger partial charge < -0.3 is 0 Å². The summed E-state index contributed by atoms with van der Waals surface area (Å²) in [5.41, 5.74) is 0. The van der Waals surface area contributed by atoms with Crippen LogP contribution in [0.25, 0.3) is 0 Å². The van der Waals surface area contributed by atoms with Gasteiger partial charge in [0, 0.05) is 0 Å². The van der Waals surface area contributed by atoms with Crippen LogP contribution in [0.4, 0.5) is 0 Å². The largest absolute Gasteiger partial charge is 0.406 e. The molecule has 0 atom stereocenters. The predicted octanol–water partition coefficient (Wildman–Crippen LogP) is 6.76. The Morgan fingerprint density at radius 2 is 1.21 bits per heavy atom. The minimum atomic E-state index is -4.29. The fourth-order valence-electron chi connectivity index (χ4n) is 2.48. The van der Waals surface area contributed by atoms with E-state index >= 15 is 0 Å². The van der Waals surface area contributed by atoms with Crippen molar-refractivity contribution in [2.45, 2.75) is 101 Å². The zero-order valence-corrected chi connectivity index (χ0v) is 21.0. The number of unbranched alkanes of at least 4 members (excludes halogenated alkanes) is 10. The van der Waals surface area contributed by atoms with E-state index in [-0.39, 0.29) is 24.7 Å². The zero-order chi connectivity index (χ0) is 18.5. The minimum Gasteiger partial charge on any atom is -0.263 e. The normalized spacial score (nSPS) is 11.0. The first kappa shape index (κ1) is 27.2. The molecule has 0 aliphatic heterocycles. The molecule has 0 fully saturated rings. The Hall–Kier alpha value is 1.01. The monoisotopic (exact) mass is 450 g/mol. The van der Waals surface area contributed by atoms with E-state index < -0.39 is 10.4 Å². The van der Waals surface area contributed by atoms with Crippen molar-refractivity contribution < 1.29 is 34.1 Å². The Balaban J connectivity index is 0. The van der Waals surface area contributed by atoms with Gasteiger partial charge >= 0.3 is 128 Å². The second kappa shape index (κ2) is 22.1. The van der Waals surface area contributed by atoms with Crippen LogP contribution in [-0.4, -0.2) is 13.0 Å². The second-order valence-corrected chi connectivity index (χ2v) is 12.7. The molecule has 0 rings (SSSR count). The van der Waals surface area contributed by atoms with Gasteiger partial charge in [-0.15, -0.1) is 0 Å². The van der Waals surface area contributed by atoms with Crippen LogP contribution in [0.5, 0.6) is 0 Å². The van der Waals surface area contributed by atoms with Crippen LogP contribution in [0.15, 0.2) is 0 Å². The SMILES string of the molecule is CCCCCCC[CH2][Zn][CH2]CCCCCCC.O=S(=O)(O)OP=S. The maximum Gasteiger partial charge on any atom is 0.406 e. The topological polar surface area (TPSA) is 63.6 Å². The van der Waals surface area contributed by atoms with E-state index in [0.29, 0.717) is 0 Å². The summed E-state index contributed by atoms with van der Waals surface area (Å²) in [5.74, 6) is 0. The van der Waals surface area contributed by atoms with Gasteiger partial charge in [0.1, 0.15) is 0 Å². The molecule has 0 spiro atoms. The molecule has 8 heteroatoms. The van der Waals surface area contributed by atoms with Gasteiger partial charge in [-0.05, 0) is 11.8 Å². The third-order valence-electron chi connectivity index (χ3n) is 3.83. The van der Waals surface area contributed by atoms with E-state index in [2.05, 4.69) is 29.6 Å². The molecule has 0 bridgehead atoms. The summed E-state index contributed by atoms with van der Waals surface area (Å²) in [6, 6.07) is 0. The van der Waals surface area contributed by atoms with E-state index in [9.17, 15) is 8.42 Å². The first-order chi connectivity index (χ1) is 11.5. The van der Waals surface area contributed by atoms with Gasteiger partial charge in [0.2, 0.25) is 0 Å². The Bertz CT molecular complexity index is 340. The van der Waals surface area contributed by atoms with Crippen molar-refractivity contribution in [3.8, 4) is 0 Å². The molecule has 0 aliphatic carbocycles. The molecular weight excluding hydrogens is 417 g/mol. The average Bonchev–Trinajstić information content (AvgIpc) is 2.51. The van der Waals surface area contributed by atoms with Crippen molar-refractivity contribution in [1.82, 2.24) is 0 Å². The molecule has 0 heterocycles. The number of hydrogen-bond acceptors (Lipinski definition) is 4. The summed E-state index contributed by atoms with van der Waals surface area (Å²) >= 11 is 3.94. The molecule has 0 aromatic rings. The Labute approximate surface area is 164 Å². The Morgan fingerprint density at radius 3 is 1.50 bits per heavy atom. The molecule has 0 amide bonds. The Morgan fingerprint density at radius 1 is 0.833 bits per heavy atom. The molecule has 0 aromatic carbocycles. The van der Waals surface area contributed by atoms with Gasteiger partial charge in [-0.25, -0.2) is 0 Å². The maximum atomic E-state index is 9.49. The maximum absolute atomic E-state index is 9.49. The van der Waals surface area contributed by atoms with Crippen molar-refractivity contribution in [2.75, 3.05) is 0 Å². The Kier molecular flexibility index (Phi) is 25.0. The molecule has 0 aliphatic rings. The van der Waals surface area contributed by atoms with Crippen LogP contribution in [0.3, 0.4) is 0 Å². The summed E-state index contributed by atoms with van der Waals surface area (Å²) in [6.45, 7) is 4.60. The van der Waals surface area contributed by atoms with E-state index in [1.165, 1.54) is 64.2 Å². The van der Waals surface area contributed by atoms with Crippen LogP contribution in [-0.2, 0) is 43.3 Å². The van der Waals surface area contributed by atoms with Gasteiger partial charge in [0.25, 0.3) is 0 Å². The molecule has 1 N–H and O–H groups in total. The van der Waals surface area contributed by atoms with E-state index in [0.717, 1.165) is 0 Å². The van der Waals surface area contributed by atoms with Gasteiger partial charge in [-0.1, -0.05) is 0 Å². The fourth-order valence-corrected chi connectivity index (χ4v) is 7.19. The quantitative estimate of drug-likeness (QED) is 0.122. The van der Waals surface area contributed by atoms with E-state index in [4.69, 9.17) is 4.55 Å². The first-order valence-corrected chi connectivity index (χ1v) is 16.8. The number of rotatable bonds is 16. The van der Waals surface area contributed by atoms with Crippen LogP contribution in [0.1, 0.15) is 90.9 Å². The van der Waals surface area contributed by atoms with Gasteiger partial charge in [-0.3, -0.25) is 4.55 Å². The summed E-state index contributed by atoms with van der Waals surface area (Å²) in [4.78, 5) is 0. The molecule has 142 valence electrons. The zero-order valence-electron chi connectivity index (χ0n) is 15.5. The van der Waals surface area contributed by atoms with Gasteiger partial charge in [-0.2, -0.15) is 12.4 Å². The van der Waals surface area contributed by atoms with Crippen molar-refractivity contribution in [1.29, 1.82) is 0 Å². The smallest absolute Gasteiger partial charge is 0.263 e. The molecule has 4 nitrogen and oxygen atoms in total. The summed E-state index contributed by atoms with van der Waals surface area (Å²) in [6.07, 6.45) is 17.9. The molecule has 24 heavy (non-hydrogen) atoms. The van der Waals surface area contributed by atoms with Crippen LogP contribution >= 0.6 is 7.58 Å². The van der Waals surface area contributed by atoms with Crippen molar-refractivity contribution in [2.24, 2.45) is 0 Å². The van der Waals surface area contributed by atoms with Crippen LogP contribution < -0.4 is 0 Å². The van der Waals surface area contributed by atoms with E-state index in [1.807, 2.05) is 0 Å². The summed E-state index contributed by atoms with van der Waals surface area (Å²) < 4.78 is 30.2. The molecule has 0 radical (unpaired) electrons. The number of hydrogen-bond donors (Lipinski definition) is 1. The molecule has 0 unspecified atom stereocenters. The van der Waals surface area contributed by atoms with Crippen LogP contribution in [0.2, 0.25) is 10.0 Å². The first-order valence-electron chi connectivity index (χ1n) is 9.46. The predicted molar refractivity (Wildman–Crippen MR) is 103 cm³/mol.